The molecule has 0 radical (unpaired) electrons. The van der Waals surface area contributed by atoms with Crippen molar-refractivity contribution >= 4 is 18.0 Å². The van der Waals surface area contributed by atoms with Crippen LogP contribution in [-0.4, -0.2) is 39.9 Å². The first-order valence-corrected chi connectivity index (χ1v) is 7.64. The van der Waals surface area contributed by atoms with Gasteiger partial charge in [0.15, 0.2) is 0 Å². The number of carbonyl (C=O) groups is 3. The fourth-order valence-corrected chi connectivity index (χ4v) is 1.70. The minimum Gasteiger partial charge on any atom is -0.481 e. The third-order valence-electron chi connectivity index (χ3n) is 2.69. The molecular formula is C17H26N2O6. The molecule has 0 aliphatic carbocycles. The van der Waals surface area contributed by atoms with Crippen LogP contribution in [0.2, 0.25) is 0 Å². The van der Waals surface area contributed by atoms with E-state index in [2.05, 4.69) is 5.32 Å². The highest BCUT2D eigenvalue weighted by Gasteiger charge is 2.24. The Labute approximate surface area is 147 Å². The normalized spacial score (nSPS) is 11.6. The molecule has 1 unspecified atom stereocenters. The summed E-state index contributed by atoms with van der Waals surface area (Å²) in [5, 5.41) is 19.0. The van der Waals surface area contributed by atoms with Crippen LogP contribution in [0.4, 0.5) is 4.79 Å². The third kappa shape index (κ3) is 11.5. The Bertz CT molecular complexity index is 574. The second-order valence-electron chi connectivity index (χ2n) is 6.28. The lowest BCUT2D eigenvalue weighted by molar-refractivity contribution is -0.139. The Hall–Kier alpha value is -2.61. The van der Waals surface area contributed by atoms with Crippen molar-refractivity contribution < 1.29 is 29.3 Å². The Kier molecular flexibility index (Phi) is 9.22. The Morgan fingerprint density at radius 2 is 1.56 bits per heavy atom. The number of carboxylic acids is 2. The monoisotopic (exact) mass is 354 g/mol. The highest BCUT2D eigenvalue weighted by molar-refractivity contribution is 5.80. The van der Waals surface area contributed by atoms with Gasteiger partial charge in [-0.2, -0.15) is 0 Å². The molecule has 0 aromatic heterocycles. The molecule has 0 aliphatic heterocycles. The van der Waals surface area contributed by atoms with Gasteiger partial charge in [0.2, 0.25) is 0 Å². The van der Waals surface area contributed by atoms with Crippen LogP contribution in [0.25, 0.3) is 0 Å². The topological polar surface area (TPSA) is 139 Å². The highest BCUT2D eigenvalue weighted by atomic mass is 16.6. The molecule has 0 saturated heterocycles. The molecule has 0 heterocycles. The standard InChI is InChI=1S/C15H22N2O4.C2H4O2/c1-15(2,3)21-14(20)17-12(13(18)19)8-10-4-6-11(9-16)7-5-10;1-2(3)4/h4-7,12H,8-9,16H2,1-3H3,(H,17,20)(H,18,19);1H3,(H,3,4). The van der Waals surface area contributed by atoms with Gasteiger partial charge in [-0.1, -0.05) is 24.3 Å². The van der Waals surface area contributed by atoms with Crippen molar-refractivity contribution in [1.29, 1.82) is 0 Å². The number of nitrogens with one attached hydrogen (secondary N) is 1. The van der Waals surface area contributed by atoms with Crippen LogP contribution in [-0.2, 0) is 27.3 Å². The first kappa shape index (κ1) is 22.4. The molecule has 5 N–H and O–H groups in total. The van der Waals surface area contributed by atoms with E-state index in [0.29, 0.717) is 6.54 Å². The van der Waals surface area contributed by atoms with E-state index < -0.39 is 29.7 Å². The summed E-state index contributed by atoms with van der Waals surface area (Å²) in [5.41, 5.74) is 6.60. The van der Waals surface area contributed by atoms with E-state index >= 15 is 0 Å². The quantitative estimate of drug-likeness (QED) is 0.631. The van der Waals surface area contributed by atoms with Gasteiger partial charge in [0.25, 0.3) is 5.97 Å². The average Bonchev–Trinajstić information content (AvgIpc) is 2.44. The van der Waals surface area contributed by atoms with Crippen molar-refractivity contribution in [2.75, 3.05) is 0 Å². The van der Waals surface area contributed by atoms with Gasteiger partial charge in [0.1, 0.15) is 11.6 Å². The number of benzene rings is 1. The van der Waals surface area contributed by atoms with Gasteiger partial charge in [0.05, 0.1) is 0 Å². The fraction of sp³-hybridized carbons (Fsp3) is 0.471. The Morgan fingerprint density at radius 3 is 1.92 bits per heavy atom. The molecule has 0 bridgehead atoms. The molecule has 1 aromatic rings. The number of hydrogen-bond donors (Lipinski definition) is 4. The molecule has 0 spiro atoms. The number of alkyl carbamates (subject to hydrolysis) is 1. The summed E-state index contributed by atoms with van der Waals surface area (Å²) in [6.07, 6.45) is -0.562. The second-order valence-corrected chi connectivity index (χ2v) is 6.28. The molecule has 1 atom stereocenters. The molecule has 25 heavy (non-hydrogen) atoms. The molecule has 140 valence electrons. The number of carbonyl (C=O) groups excluding carboxylic acids is 1. The van der Waals surface area contributed by atoms with Crippen molar-refractivity contribution in [3.05, 3.63) is 35.4 Å². The zero-order valence-electron chi connectivity index (χ0n) is 14.9. The SMILES string of the molecule is CC(=O)O.CC(C)(C)OC(=O)NC(Cc1ccc(CN)cc1)C(=O)O. The number of aliphatic carboxylic acids is 2. The maximum Gasteiger partial charge on any atom is 0.408 e. The van der Waals surface area contributed by atoms with Crippen LogP contribution in [0.3, 0.4) is 0 Å². The van der Waals surface area contributed by atoms with Crippen LogP contribution in [0, 0.1) is 0 Å². The number of hydrogen-bond acceptors (Lipinski definition) is 5. The van der Waals surface area contributed by atoms with E-state index in [-0.39, 0.29) is 6.42 Å². The largest absolute Gasteiger partial charge is 0.481 e. The zero-order valence-corrected chi connectivity index (χ0v) is 14.9. The van der Waals surface area contributed by atoms with Crippen LogP contribution < -0.4 is 11.1 Å². The van der Waals surface area contributed by atoms with E-state index in [1.54, 1.807) is 32.9 Å². The molecule has 1 rings (SSSR count). The highest BCUT2D eigenvalue weighted by Crippen LogP contribution is 2.09. The van der Waals surface area contributed by atoms with Crippen LogP contribution in [0.15, 0.2) is 24.3 Å². The maximum absolute atomic E-state index is 11.7. The summed E-state index contributed by atoms with van der Waals surface area (Å²) in [6, 6.07) is 6.23. The first-order chi connectivity index (χ1) is 11.4. The Balaban J connectivity index is 0.00000129. The number of carboxylic acid groups (broad SMARTS) is 2. The van der Waals surface area contributed by atoms with E-state index in [4.69, 9.17) is 20.4 Å². The lowest BCUT2D eigenvalue weighted by Crippen LogP contribution is -2.44. The van der Waals surface area contributed by atoms with Crippen molar-refractivity contribution in [3.63, 3.8) is 0 Å². The molecule has 0 aliphatic rings. The molecule has 8 heteroatoms. The summed E-state index contributed by atoms with van der Waals surface area (Å²) in [6.45, 7) is 6.66. The number of ether oxygens (including phenoxy) is 1. The molecule has 8 nitrogen and oxygen atoms in total. The molecule has 1 aromatic carbocycles. The zero-order chi connectivity index (χ0) is 19.6. The van der Waals surface area contributed by atoms with Crippen molar-refractivity contribution in [1.82, 2.24) is 5.32 Å². The van der Waals surface area contributed by atoms with E-state index in [0.717, 1.165) is 18.1 Å². The minimum absolute atomic E-state index is 0.180. The molecule has 0 saturated carbocycles. The lowest BCUT2D eigenvalue weighted by Gasteiger charge is -2.22. The van der Waals surface area contributed by atoms with Crippen LogP contribution in [0.1, 0.15) is 38.8 Å². The molecule has 0 fully saturated rings. The predicted octanol–water partition coefficient (Wildman–Crippen LogP) is 1.76. The van der Waals surface area contributed by atoms with Crippen molar-refractivity contribution in [3.8, 4) is 0 Å². The van der Waals surface area contributed by atoms with E-state index in [9.17, 15) is 14.7 Å². The van der Waals surface area contributed by atoms with Gasteiger partial charge in [-0.15, -0.1) is 0 Å². The lowest BCUT2D eigenvalue weighted by atomic mass is 10.0. The molecular weight excluding hydrogens is 328 g/mol. The summed E-state index contributed by atoms with van der Waals surface area (Å²) >= 11 is 0. The summed E-state index contributed by atoms with van der Waals surface area (Å²) in [7, 11) is 0. The minimum atomic E-state index is -1.11. The summed E-state index contributed by atoms with van der Waals surface area (Å²) < 4.78 is 5.06. The third-order valence-corrected chi connectivity index (χ3v) is 2.69. The van der Waals surface area contributed by atoms with Gasteiger partial charge in [0, 0.05) is 19.9 Å². The number of nitrogens with two attached hydrogens (primary N) is 1. The van der Waals surface area contributed by atoms with Gasteiger partial charge < -0.3 is 26.0 Å². The number of rotatable bonds is 5. The average molecular weight is 354 g/mol. The summed E-state index contributed by atoms with van der Waals surface area (Å²) in [5.74, 6) is -1.94. The number of amides is 1. The van der Waals surface area contributed by atoms with Gasteiger partial charge >= 0.3 is 12.1 Å². The Morgan fingerprint density at radius 1 is 1.12 bits per heavy atom. The van der Waals surface area contributed by atoms with Crippen molar-refractivity contribution in [2.45, 2.75) is 52.3 Å². The van der Waals surface area contributed by atoms with Crippen molar-refractivity contribution in [2.24, 2.45) is 5.73 Å². The summed E-state index contributed by atoms with van der Waals surface area (Å²) in [4.78, 5) is 31.9. The second kappa shape index (κ2) is 10.3. The molecule has 1 amide bonds. The van der Waals surface area contributed by atoms with Crippen LogP contribution in [0.5, 0.6) is 0 Å². The predicted molar refractivity (Wildman–Crippen MR) is 92.1 cm³/mol. The first-order valence-electron chi connectivity index (χ1n) is 7.64. The van der Waals surface area contributed by atoms with Gasteiger partial charge in [-0.25, -0.2) is 9.59 Å². The van der Waals surface area contributed by atoms with Crippen LogP contribution >= 0.6 is 0 Å². The van der Waals surface area contributed by atoms with E-state index in [1.807, 2.05) is 12.1 Å². The van der Waals surface area contributed by atoms with E-state index in [1.165, 1.54) is 0 Å². The smallest absolute Gasteiger partial charge is 0.408 e. The fourth-order valence-electron chi connectivity index (χ4n) is 1.70. The van der Waals surface area contributed by atoms with Gasteiger partial charge in [-0.05, 0) is 31.9 Å². The maximum atomic E-state index is 11.7. The van der Waals surface area contributed by atoms with Gasteiger partial charge in [-0.3, -0.25) is 4.79 Å².